The molecular formula is C25H32N2O3. The van der Waals surface area contributed by atoms with Gasteiger partial charge in [0.05, 0.1) is 19.9 Å². The van der Waals surface area contributed by atoms with E-state index in [-0.39, 0.29) is 0 Å². The lowest BCUT2D eigenvalue weighted by Gasteiger charge is -2.28. The van der Waals surface area contributed by atoms with Gasteiger partial charge in [-0.15, -0.1) is 0 Å². The summed E-state index contributed by atoms with van der Waals surface area (Å²) in [4.78, 5) is 18.4. The molecule has 0 bridgehead atoms. The van der Waals surface area contributed by atoms with Gasteiger partial charge in [-0.3, -0.25) is 9.79 Å². The molecule has 160 valence electrons. The van der Waals surface area contributed by atoms with E-state index in [9.17, 15) is 4.79 Å². The first-order valence-corrected chi connectivity index (χ1v) is 10.6. The van der Waals surface area contributed by atoms with Gasteiger partial charge in [-0.05, 0) is 42.2 Å². The molecule has 2 aromatic rings. The van der Waals surface area contributed by atoms with Crippen LogP contribution in [-0.4, -0.2) is 45.9 Å². The molecular weight excluding hydrogens is 376 g/mol. The highest BCUT2D eigenvalue weighted by molar-refractivity contribution is 6.14. The second-order valence-electron chi connectivity index (χ2n) is 8.11. The molecule has 3 rings (SSSR count). The monoisotopic (exact) mass is 408 g/mol. The molecule has 1 aliphatic heterocycles. The van der Waals surface area contributed by atoms with Crippen LogP contribution in [0.4, 0.5) is 5.69 Å². The van der Waals surface area contributed by atoms with E-state index in [2.05, 4.69) is 54.1 Å². The third kappa shape index (κ3) is 4.84. The predicted molar refractivity (Wildman–Crippen MR) is 123 cm³/mol. The summed E-state index contributed by atoms with van der Waals surface area (Å²) in [5.41, 5.74) is 5.41. The fraction of sp³-hybridized carbons (Fsp3) is 0.440. The van der Waals surface area contributed by atoms with Crippen LogP contribution in [0.1, 0.15) is 43.4 Å². The smallest absolute Gasteiger partial charge is 0.161 e. The van der Waals surface area contributed by atoms with Crippen LogP contribution in [0.15, 0.2) is 41.4 Å². The summed E-state index contributed by atoms with van der Waals surface area (Å²) in [6.45, 7) is 6.01. The minimum absolute atomic E-state index is 0.356. The van der Waals surface area contributed by atoms with Gasteiger partial charge in [0.25, 0.3) is 0 Å². The number of benzene rings is 2. The van der Waals surface area contributed by atoms with E-state index in [1.165, 1.54) is 5.56 Å². The normalized spacial score (nSPS) is 14.9. The zero-order chi connectivity index (χ0) is 21.7. The fourth-order valence-electron chi connectivity index (χ4n) is 4.00. The average Bonchev–Trinajstić information content (AvgIpc) is 2.75. The van der Waals surface area contributed by atoms with Crippen molar-refractivity contribution in [3.63, 3.8) is 0 Å². The Morgan fingerprint density at radius 2 is 1.63 bits per heavy atom. The standard InChI is InChI=1S/C25H32N2O3/c1-17(2)14-19-15-23(29-4)24(30-5)16-22(19)25(26-3)18-6-8-20(9-7-18)27-12-10-21(28)11-13-27/h6-9,15-17H,10-14H2,1-5H3/b26-25-. The van der Waals surface area contributed by atoms with E-state index in [1.807, 2.05) is 13.1 Å². The van der Waals surface area contributed by atoms with Crippen LogP contribution < -0.4 is 14.4 Å². The average molecular weight is 409 g/mol. The maximum Gasteiger partial charge on any atom is 0.161 e. The second kappa shape index (κ2) is 9.79. The van der Waals surface area contributed by atoms with Gasteiger partial charge in [0.15, 0.2) is 11.5 Å². The van der Waals surface area contributed by atoms with Gasteiger partial charge in [0.1, 0.15) is 5.78 Å². The van der Waals surface area contributed by atoms with Crippen LogP contribution in [0, 0.1) is 5.92 Å². The van der Waals surface area contributed by atoms with Crippen molar-refractivity contribution in [2.75, 3.05) is 39.3 Å². The Morgan fingerprint density at radius 1 is 1.03 bits per heavy atom. The molecule has 0 aliphatic carbocycles. The van der Waals surface area contributed by atoms with E-state index >= 15 is 0 Å². The number of piperidine rings is 1. The highest BCUT2D eigenvalue weighted by atomic mass is 16.5. The molecule has 0 atom stereocenters. The quantitative estimate of drug-likeness (QED) is 0.631. The Labute approximate surface area is 179 Å². The number of ketones is 1. The summed E-state index contributed by atoms with van der Waals surface area (Å²) in [6.07, 6.45) is 2.19. The van der Waals surface area contributed by atoms with Crippen LogP contribution in [-0.2, 0) is 11.2 Å². The van der Waals surface area contributed by atoms with Crippen molar-refractivity contribution >= 4 is 17.2 Å². The van der Waals surface area contributed by atoms with Crippen molar-refractivity contribution in [2.24, 2.45) is 10.9 Å². The number of anilines is 1. The van der Waals surface area contributed by atoms with Gasteiger partial charge in [-0.25, -0.2) is 0 Å². The summed E-state index contributed by atoms with van der Waals surface area (Å²) in [5.74, 6) is 2.30. The van der Waals surface area contributed by atoms with E-state index in [4.69, 9.17) is 9.47 Å². The molecule has 0 radical (unpaired) electrons. The molecule has 0 spiro atoms. The highest BCUT2D eigenvalue weighted by Gasteiger charge is 2.19. The summed E-state index contributed by atoms with van der Waals surface area (Å²) < 4.78 is 11.1. The van der Waals surface area contributed by atoms with E-state index in [0.29, 0.717) is 30.3 Å². The molecule has 5 heteroatoms. The number of ether oxygens (including phenoxy) is 2. The first kappa shape index (κ1) is 21.9. The van der Waals surface area contributed by atoms with Gasteiger partial charge in [0, 0.05) is 49.8 Å². The topological polar surface area (TPSA) is 51.1 Å². The second-order valence-corrected chi connectivity index (χ2v) is 8.11. The first-order chi connectivity index (χ1) is 14.5. The molecule has 0 saturated carbocycles. The van der Waals surface area contributed by atoms with Crippen molar-refractivity contribution in [1.82, 2.24) is 0 Å². The Hall–Kier alpha value is -2.82. The fourth-order valence-corrected chi connectivity index (χ4v) is 4.00. The van der Waals surface area contributed by atoms with Gasteiger partial charge in [-0.2, -0.15) is 0 Å². The third-order valence-electron chi connectivity index (χ3n) is 5.54. The Morgan fingerprint density at radius 3 is 2.17 bits per heavy atom. The van der Waals surface area contributed by atoms with Gasteiger partial charge in [0.2, 0.25) is 0 Å². The summed E-state index contributed by atoms with van der Waals surface area (Å²) in [5, 5.41) is 0. The Kier molecular flexibility index (Phi) is 7.14. The van der Waals surface area contributed by atoms with Crippen molar-refractivity contribution < 1.29 is 14.3 Å². The molecule has 1 heterocycles. The van der Waals surface area contributed by atoms with Gasteiger partial charge >= 0.3 is 0 Å². The van der Waals surface area contributed by atoms with Gasteiger partial charge < -0.3 is 14.4 Å². The van der Waals surface area contributed by atoms with Crippen LogP contribution >= 0.6 is 0 Å². The van der Waals surface area contributed by atoms with Crippen LogP contribution in [0.25, 0.3) is 0 Å². The predicted octanol–water partition coefficient (Wildman–Crippen LogP) is 4.54. The lowest BCUT2D eigenvalue weighted by Crippen LogP contribution is -2.33. The lowest BCUT2D eigenvalue weighted by molar-refractivity contribution is -0.119. The molecule has 1 aliphatic rings. The van der Waals surface area contributed by atoms with Crippen molar-refractivity contribution in [1.29, 1.82) is 0 Å². The van der Waals surface area contributed by atoms with Crippen molar-refractivity contribution in [2.45, 2.75) is 33.1 Å². The first-order valence-electron chi connectivity index (χ1n) is 10.6. The number of rotatable bonds is 7. The molecule has 1 saturated heterocycles. The number of nitrogens with zero attached hydrogens (tertiary/aromatic N) is 2. The molecule has 0 N–H and O–H groups in total. The number of carbonyl (C=O) groups excluding carboxylic acids is 1. The summed E-state index contributed by atoms with van der Waals surface area (Å²) >= 11 is 0. The molecule has 30 heavy (non-hydrogen) atoms. The van der Waals surface area contributed by atoms with Crippen molar-refractivity contribution in [3.05, 3.63) is 53.1 Å². The minimum atomic E-state index is 0.356. The number of hydrogen-bond donors (Lipinski definition) is 0. The largest absolute Gasteiger partial charge is 0.493 e. The molecule has 0 aromatic heterocycles. The van der Waals surface area contributed by atoms with Crippen LogP contribution in [0.3, 0.4) is 0 Å². The van der Waals surface area contributed by atoms with Crippen LogP contribution in [0.2, 0.25) is 0 Å². The van der Waals surface area contributed by atoms with E-state index in [1.54, 1.807) is 14.2 Å². The maximum atomic E-state index is 11.5. The number of methoxy groups -OCH3 is 2. The van der Waals surface area contributed by atoms with E-state index < -0.39 is 0 Å². The minimum Gasteiger partial charge on any atom is -0.493 e. The highest BCUT2D eigenvalue weighted by Crippen LogP contribution is 2.33. The van der Waals surface area contributed by atoms with Crippen LogP contribution in [0.5, 0.6) is 11.5 Å². The Bertz CT molecular complexity index is 907. The third-order valence-corrected chi connectivity index (χ3v) is 5.54. The summed E-state index contributed by atoms with van der Waals surface area (Å²) in [6, 6.07) is 12.6. The molecule has 1 fully saturated rings. The van der Waals surface area contributed by atoms with E-state index in [0.717, 1.165) is 47.8 Å². The number of Topliss-reactive ketones (excluding diaryl/α,β-unsaturated/α-hetero) is 1. The van der Waals surface area contributed by atoms with Crippen molar-refractivity contribution in [3.8, 4) is 11.5 Å². The Balaban J connectivity index is 1.96. The molecule has 2 aromatic carbocycles. The number of carbonyl (C=O) groups is 1. The molecule has 5 nitrogen and oxygen atoms in total. The lowest BCUT2D eigenvalue weighted by atomic mass is 9.91. The van der Waals surface area contributed by atoms with Gasteiger partial charge in [-0.1, -0.05) is 26.0 Å². The molecule has 0 unspecified atom stereocenters. The zero-order valence-corrected chi connectivity index (χ0v) is 18.7. The zero-order valence-electron chi connectivity index (χ0n) is 18.7. The molecule has 0 amide bonds. The number of hydrogen-bond acceptors (Lipinski definition) is 5. The SMILES string of the molecule is C/N=C(/c1ccc(N2CCC(=O)CC2)cc1)c1cc(OC)c(OC)cc1CC(C)C. The maximum absolute atomic E-state index is 11.5. The summed E-state index contributed by atoms with van der Waals surface area (Å²) in [7, 11) is 5.15. The number of aliphatic imine (C=N–C) groups is 1.